The van der Waals surface area contributed by atoms with Crippen LogP contribution in [0.25, 0.3) is 99.2 Å². The molecule has 0 aliphatic carbocycles. The predicted molar refractivity (Wildman–Crippen MR) is 359 cm³/mol. The van der Waals surface area contributed by atoms with Crippen molar-refractivity contribution in [1.29, 1.82) is 0 Å². The summed E-state index contributed by atoms with van der Waals surface area (Å²) < 4.78 is 12.2. The molecule has 0 radical (unpaired) electrons. The van der Waals surface area contributed by atoms with Gasteiger partial charge in [-0.3, -0.25) is 18.8 Å². The van der Waals surface area contributed by atoms with E-state index in [-0.39, 0.29) is 27.4 Å². The standard InChI is InChI=1S/C38H35N3O.C19H24BrN.C19H12N2O/c1-37(2,3)25-17-18-39-33(22-25)24-19-26(38(4,5)6)21-28(20-24)42-27-15-16-29-30-11-7-9-13-34(30)41-35-14-10-8-12-32(35)40-36(41)31(29)23-27;1-18(2,3)14-7-8-21-17(12-14)13-9-15(19(4,5)6)11-16(20)10-13;22-12-9-10-13-14-5-1-3-7-17(14)21-18-8-4-2-6-16(18)20-19(21)15(13)11-12/h7-23H,1-6H3;7-12H,1-6H3;1-11,22H. The maximum absolute atomic E-state index is 9.90. The number of pyridine rings is 4. The zero-order valence-electron chi connectivity index (χ0n) is 50.5. The number of benzene rings is 8. The Morgan fingerprint density at radius 1 is 0.365 bits per heavy atom. The van der Waals surface area contributed by atoms with Gasteiger partial charge < -0.3 is 9.84 Å². The molecule has 0 atom stereocenters. The first-order chi connectivity index (χ1) is 40.5. The Morgan fingerprint density at radius 3 is 1.31 bits per heavy atom. The summed E-state index contributed by atoms with van der Waals surface area (Å²) in [5.74, 6) is 1.84. The van der Waals surface area contributed by atoms with Gasteiger partial charge in [-0.1, -0.05) is 160 Å². The summed E-state index contributed by atoms with van der Waals surface area (Å²) in [6, 6.07) is 66.8. The summed E-state index contributed by atoms with van der Waals surface area (Å²) in [6.07, 6.45) is 3.82. The molecule has 0 saturated carbocycles. The molecule has 9 heteroatoms. The maximum Gasteiger partial charge on any atom is 0.146 e. The Kier molecular flexibility index (Phi) is 14.4. The van der Waals surface area contributed by atoms with Gasteiger partial charge in [0.15, 0.2) is 0 Å². The number of hydrogen-bond donors (Lipinski definition) is 1. The summed E-state index contributed by atoms with van der Waals surface area (Å²) in [5.41, 5.74) is 17.8. The van der Waals surface area contributed by atoms with E-state index < -0.39 is 0 Å². The van der Waals surface area contributed by atoms with Gasteiger partial charge in [0.2, 0.25) is 0 Å². The highest BCUT2D eigenvalue weighted by atomic mass is 79.9. The van der Waals surface area contributed by atoms with Crippen LogP contribution in [0.4, 0.5) is 0 Å². The van der Waals surface area contributed by atoms with Crippen molar-refractivity contribution < 1.29 is 9.84 Å². The van der Waals surface area contributed by atoms with Gasteiger partial charge in [0, 0.05) is 49.5 Å². The Morgan fingerprint density at radius 2 is 0.800 bits per heavy atom. The van der Waals surface area contributed by atoms with Crippen molar-refractivity contribution in [3.05, 3.63) is 233 Å². The van der Waals surface area contributed by atoms with Crippen molar-refractivity contribution in [2.75, 3.05) is 0 Å². The van der Waals surface area contributed by atoms with E-state index in [9.17, 15) is 5.11 Å². The van der Waals surface area contributed by atoms with E-state index in [2.05, 4.69) is 252 Å². The quantitative estimate of drug-likeness (QED) is 0.177. The normalized spacial score (nSPS) is 12.3. The van der Waals surface area contributed by atoms with Crippen molar-refractivity contribution in [3.63, 3.8) is 0 Å². The molecule has 0 aliphatic heterocycles. The average molecular weight is 1180 g/mol. The van der Waals surface area contributed by atoms with Crippen LogP contribution in [-0.4, -0.2) is 33.8 Å². The third kappa shape index (κ3) is 11.2. The molecule has 0 unspecified atom stereocenters. The van der Waals surface area contributed by atoms with Crippen molar-refractivity contribution >= 4 is 92.6 Å². The highest BCUT2D eigenvalue weighted by Crippen LogP contribution is 2.40. The Hall–Kier alpha value is -8.92. The Labute approximate surface area is 506 Å². The Balaban J connectivity index is 0.000000138. The molecular weight excluding hydrogens is 1110 g/mol. The fraction of sp³-hybridized carbons (Fsp3) is 0.211. The smallest absolute Gasteiger partial charge is 0.146 e. The number of rotatable bonds is 4. The lowest BCUT2D eigenvalue weighted by Crippen LogP contribution is -2.12. The Bertz CT molecular complexity index is 4890. The lowest BCUT2D eigenvalue weighted by Gasteiger charge is -2.22. The zero-order chi connectivity index (χ0) is 59.7. The van der Waals surface area contributed by atoms with E-state index in [1.807, 2.05) is 54.9 Å². The van der Waals surface area contributed by atoms with Crippen LogP contribution in [0.15, 0.2) is 211 Å². The maximum atomic E-state index is 9.90. The van der Waals surface area contributed by atoms with Crippen molar-refractivity contribution in [3.8, 4) is 39.8 Å². The lowest BCUT2D eigenvalue weighted by molar-refractivity contribution is 0.476. The van der Waals surface area contributed by atoms with Crippen LogP contribution in [0.1, 0.15) is 105 Å². The summed E-state index contributed by atoms with van der Waals surface area (Å²) in [7, 11) is 0. The molecule has 1 N–H and O–H groups in total. The van der Waals surface area contributed by atoms with Gasteiger partial charge in [-0.15, -0.1) is 0 Å². The summed E-state index contributed by atoms with van der Waals surface area (Å²) >= 11 is 3.63. The zero-order valence-corrected chi connectivity index (χ0v) is 52.1. The monoisotopic (exact) mass is 1180 g/mol. The minimum Gasteiger partial charge on any atom is -0.508 e. The lowest BCUT2D eigenvalue weighted by atomic mass is 9.84. The second kappa shape index (κ2) is 21.6. The second-order valence-corrected chi connectivity index (χ2v) is 27.3. The number of aromatic hydroxyl groups is 1. The number of ether oxygens (including phenoxy) is 1. The summed E-state index contributed by atoms with van der Waals surface area (Å²) in [4.78, 5) is 19.2. The second-order valence-electron chi connectivity index (χ2n) is 26.4. The number of nitrogens with zero attached hydrogens (tertiary/aromatic N) is 6. The van der Waals surface area contributed by atoms with Crippen LogP contribution in [0.5, 0.6) is 17.2 Å². The molecule has 8 aromatic carbocycles. The van der Waals surface area contributed by atoms with Crippen LogP contribution in [-0.2, 0) is 21.7 Å². The molecule has 0 amide bonds. The van der Waals surface area contributed by atoms with E-state index in [0.717, 1.165) is 104 Å². The number of hydrogen-bond acceptors (Lipinski definition) is 6. The number of phenolic OH excluding ortho intramolecular Hbond substituents is 1. The number of phenols is 1. The third-order valence-corrected chi connectivity index (χ3v) is 16.5. The molecule has 0 aliphatic rings. The van der Waals surface area contributed by atoms with E-state index in [4.69, 9.17) is 19.7 Å². The highest BCUT2D eigenvalue weighted by Gasteiger charge is 2.22. The first-order valence-corrected chi connectivity index (χ1v) is 30.0. The molecule has 0 spiro atoms. The van der Waals surface area contributed by atoms with Gasteiger partial charge in [0.1, 0.15) is 28.5 Å². The topological polar surface area (TPSA) is 89.8 Å². The molecule has 424 valence electrons. The van der Waals surface area contributed by atoms with Gasteiger partial charge in [0.25, 0.3) is 0 Å². The van der Waals surface area contributed by atoms with Crippen LogP contribution < -0.4 is 4.74 Å². The average Bonchev–Trinajstić information content (AvgIpc) is 1.85. The number of imidazole rings is 2. The first-order valence-electron chi connectivity index (χ1n) is 29.2. The first kappa shape index (κ1) is 56.6. The van der Waals surface area contributed by atoms with Gasteiger partial charge in [-0.05, 0) is 188 Å². The predicted octanol–water partition coefficient (Wildman–Crippen LogP) is 20.8. The van der Waals surface area contributed by atoms with Gasteiger partial charge in [-0.25, -0.2) is 9.97 Å². The number of para-hydroxylation sites is 6. The van der Waals surface area contributed by atoms with Gasteiger partial charge >= 0.3 is 0 Å². The molecule has 6 heterocycles. The molecule has 14 aromatic rings. The molecule has 14 rings (SSSR count). The largest absolute Gasteiger partial charge is 0.508 e. The SMILES string of the molecule is CC(C)(C)c1cc(Br)cc(-c2cc(C(C)(C)C)ccn2)c1.CC(C)(C)c1cc(Oc2ccc3c4ccccc4n4c5ccccc5nc4c3c2)cc(-c2cc(C(C)(C)C)ccn2)c1.Oc1ccc2c3ccccc3n3c4ccccc4nc3c2c1. The minimum atomic E-state index is -0.0554. The number of halogens is 1. The van der Waals surface area contributed by atoms with E-state index >= 15 is 0 Å². The fourth-order valence-electron chi connectivity index (χ4n) is 11.3. The molecular formula is C76H71BrN6O2. The summed E-state index contributed by atoms with van der Waals surface area (Å²) in [5, 5.41) is 16.6. The van der Waals surface area contributed by atoms with Crippen LogP contribution in [0.2, 0.25) is 0 Å². The number of aromatic nitrogens is 6. The van der Waals surface area contributed by atoms with Crippen LogP contribution >= 0.6 is 15.9 Å². The number of fused-ring (bicyclic) bond motifs is 16. The minimum absolute atomic E-state index is 0.0386. The van der Waals surface area contributed by atoms with Crippen molar-refractivity contribution in [2.45, 2.75) is 105 Å². The summed E-state index contributed by atoms with van der Waals surface area (Å²) in [6.45, 7) is 26.8. The van der Waals surface area contributed by atoms with Crippen molar-refractivity contribution in [1.82, 2.24) is 28.7 Å². The van der Waals surface area contributed by atoms with Crippen LogP contribution in [0, 0.1) is 0 Å². The molecule has 0 saturated heterocycles. The molecule has 8 nitrogen and oxygen atoms in total. The molecule has 6 aromatic heterocycles. The van der Waals surface area contributed by atoms with Gasteiger partial charge in [-0.2, -0.15) is 0 Å². The third-order valence-electron chi connectivity index (χ3n) is 16.1. The molecule has 85 heavy (non-hydrogen) atoms. The molecule has 0 bridgehead atoms. The molecule has 0 fully saturated rings. The van der Waals surface area contributed by atoms with E-state index in [1.54, 1.807) is 12.1 Å². The van der Waals surface area contributed by atoms with Crippen molar-refractivity contribution in [2.24, 2.45) is 0 Å². The van der Waals surface area contributed by atoms with Gasteiger partial charge in [0.05, 0.1) is 44.5 Å². The van der Waals surface area contributed by atoms with E-state index in [1.165, 1.54) is 33.2 Å². The highest BCUT2D eigenvalue weighted by molar-refractivity contribution is 9.10. The fourth-order valence-corrected chi connectivity index (χ4v) is 11.8. The van der Waals surface area contributed by atoms with E-state index in [0.29, 0.717) is 0 Å². The van der Waals surface area contributed by atoms with Crippen LogP contribution in [0.3, 0.4) is 0 Å².